The van der Waals surface area contributed by atoms with Gasteiger partial charge in [0, 0.05) is 44.7 Å². The number of aromatic nitrogens is 1. The molecule has 2 heterocycles. The first-order valence-electron chi connectivity index (χ1n) is 7.66. The van der Waals surface area contributed by atoms with Gasteiger partial charge in [0.25, 0.3) is 0 Å². The van der Waals surface area contributed by atoms with E-state index in [1.54, 1.807) is 25.1 Å². The summed E-state index contributed by atoms with van der Waals surface area (Å²) < 4.78 is 18.9. The molecule has 0 radical (unpaired) electrons. The summed E-state index contributed by atoms with van der Waals surface area (Å²) in [7, 11) is 3.51. The fourth-order valence-electron chi connectivity index (χ4n) is 2.95. The van der Waals surface area contributed by atoms with Crippen LogP contribution in [0.15, 0.2) is 28.8 Å². The molecule has 0 saturated heterocycles. The highest BCUT2D eigenvalue weighted by Crippen LogP contribution is 2.31. The van der Waals surface area contributed by atoms with Gasteiger partial charge in [-0.2, -0.15) is 0 Å². The molecule has 5 nitrogen and oxygen atoms in total. The van der Waals surface area contributed by atoms with E-state index in [-0.39, 0.29) is 17.8 Å². The maximum atomic E-state index is 13.5. The molecule has 0 saturated carbocycles. The first-order valence-corrected chi connectivity index (χ1v) is 7.66. The Morgan fingerprint density at radius 2 is 2.22 bits per heavy atom. The van der Waals surface area contributed by atoms with Gasteiger partial charge in [-0.3, -0.25) is 9.69 Å². The van der Waals surface area contributed by atoms with E-state index in [4.69, 9.17) is 4.52 Å². The van der Waals surface area contributed by atoms with Gasteiger partial charge in [-0.25, -0.2) is 4.39 Å². The van der Waals surface area contributed by atoms with Crippen molar-refractivity contribution < 1.29 is 13.7 Å². The highest BCUT2D eigenvalue weighted by atomic mass is 19.1. The second-order valence-electron chi connectivity index (χ2n) is 6.07. The van der Waals surface area contributed by atoms with Crippen LogP contribution >= 0.6 is 0 Å². The SMILES string of the molecule is C[C@@H](C(=O)N(C)C)N1CCc2onc(-c3cccc(F)c3)c2C1. The van der Waals surface area contributed by atoms with Crippen molar-refractivity contribution in [3.8, 4) is 11.3 Å². The van der Waals surface area contributed by atoms with E-state index in [2.05, 4.69) is 10.1 Å². The highest BCUT2D eigenvalue weighted by Gasteiger charge is 2.30. The van der Waals surface area contributed by atoms with Crippen LogP contribution in [0, 0.1) is 5.82 Å². The molecule has 0 fully saturated rings. The molecule has 0 N–H and O–H groups in total. The van der Waals surface area contributed by atoms with E-state index in [1.807, 2.05) is 13.0 Å². The molecule has 6 heteroatoms. The normalized spacial score (nSPS) is 16.0. The Kier molecular flexibility index (Phi) is 4.17. The van der Waals surface area contributed by atoms with Crippen LogP contribution in [0.4, 0.5) is 4.39 Å². The molecular weight excluding hydrogens is 297 g/mol. The second-order valence-corrected chi connectivity index (χ2v) is 6.07. The van der Waals surface area contributed by atoms with Crippen molar-refractivity contribution in [1.29, 1.82) is 0 Å². The monoisotopic (exact) mass is 317 g/mol. The molecule has 0 spiro atoms. The number of amides is 1. The molecule has 1 aromatic carbocycles. The summed E-state index contributed by atoms with van der Waals surface area (Å²) in [5.74, 6) is 0.588. The number of nitrogens with zero attached hydrogens (tertiary/aromatic N) is 3. The Morgan fingerprint density at radius 1 is 1.43 bits per heavy atom. The smallest absolute Gasteiger partial charge is 0.239 e. The van der Waals surface area contributed by atoms with Crippen molar-refractivity contribution in [3.05, 3.63) is 41.4 Å². The number of fused-ring (bicyclic) bond motifs is 1. The van der Waals surface area contributed by atoms with E-state index in [1.165, 1.54) is 12.1 Å². The lowest BCUT2D eigenvalue weighted by Gasteiger charge is -2.32. The van der Waals surface area contributed by atoms with Crippen LogP contribution in [-0.4, -0.2) is 47.5 Å². The van der Waals surface area contributed by atoms with Gasteiger partial charge in [-0.15, -0.1) is 0 Å². The van der Waals surface area contributed by atoms with E-state index in [0.717, 1.165) is 17.9 Å². The average molecular weight is 317 g/mol. The second kappa shape index (κ2) is 6.12. The molecule has 0 aliphatic carbocycles. The van der Waals surface area contributed by atoms with Crippen LogP contribution in [0.25, 0.3) is 11.3 Å². The number of halogens is 1. The zero-order valence-electron chi connectivity index (χ0n) is 13.5. The quantitative estimate of drug-likeness (QED) is 0.872. The molecule has 1 aliphatic heterocycles. The number of hydrogen-bond donors (Lipinski definition) is 0. The molecule has 0 unspecified atom stereocenters. The third kappa shape index (κ3) is 2.99. The Hall–Kier alpha value is -2.21. The fourth-order valence-corrected chi connectivity index (χ4v) is 2.95. The number of hydrogen-bond acceptors (Lipinski definition) is 4. The van der Waals surface area contributed by atoms with Gasteiger partial charge >= 0.3 is 0 Å². The molecular formula is C17H20FN3O2. The van der Waals surface area contributed by atoms with E-state index in [0.29, 0.717) is 24.2 Å². The minimum Gasteiger partial charge on any atom is -0.360 e. The van der Waals surface area contributed by atoms with Crippen LogP contribution in [0.3, 0.4) is 0 Å². The molecule has 1 aromatic heterocycles. The van der Waals surface area contributed by atoms with Gasteiger partial charge in [0.05, 0.1) is 6.04 Å². The Labute approximate surface area is 134 Å². The maximum Gasteiger partial charge on any atom is 0.239 e. The van der Waals surface area contributed by atoms with E-state index in [9.17, 15) is 9.18 Å². The Morgan fingerprint density at radius 3 is 2.91 bits per heavy atom. The third-order valence-electron chi connectivity index (χ3n) is 4.30. The van der Waals surface area contributed by atoms with Gasteiger partial charge in [0.15, 0.2) is 0 Å². The third-order valence-corrected chi connectivity index (χ3v) is 4.30. The summed E-state index contributed by atoms with van der Waals surface area (Å²) in [4.78, 5) is 15.9. The lowest BCUT2D eigenvalue weighted by Crippen LogP contribution is -2.46. The predicted molar refractivity (Wildman–Crippen MR) is 84.2 cm³/mol. The summed E-state index contributed by atoms with van der Waals surface area (Å²) in [6, 6.07) is 6.11. The van der Waals surface area contributed by atoms with Crippen LogP contribution < -0.4 is 0 Å². The summed E-state index contributed by atoms with van der Waals surface area (Å²) in [5.41, 5.74) is 2.30. The van der Waals surface area contributed by atoms with Crippen LogP contribution in [-0.2, 0) is 17.8 Å². The minimum atomic E-state index is -0.303. The summed E-state index contributed by atoms with van der Waals surface area (Å²) in [5, 5.41) is 4.12. The Balaban J connectivity index is 1.88. The number of carbonyl (C=O) groups is 1. The van der Waals surface area contributed by atoms with Crippen LogP contribution in [0.5, 0.6) is 0 Å². The van der Waals surface area contributed by atoms with E-state index >= 15 is 0 Å². The van der Waals surface area contributed by atoms with Crippen molar-refractivity contribution in [2.75, 3.05) is 20.6 Å². The largest absolute Gasteiger partial charge is 0.360 e. The number of likely N-dealkylation sites (N-methyl/N-ethyl adjacent to an activating group) is 1. The van der Waals surface area contributed by atoms with Crippen LogP contribution in [0.2, 0.25) is 0 Å². The van der Waals surface area contributed by atoms with Gasteiger partial charge in [0.1, 0.15) is 17.3 Å². The summed E-state index contributed by atoms with van der Waals surface area (Å²) in [6.45, 7) is 3.22. The molecule has 1 aliphatic rings. The average Bonchev–Trinajstić information content (AvgIpc) is 2.96. The van der Waals surface area contributed by atoms with Crippen molar-refractivity contribution in [3.63, 3.8) is 0 Å². The molecule has 1 amide bonds. The minimum absolute atomic E-state index is 0.0669. The fraction of sp³-hybridized carbons (Fsp3) is 0.412. The standard InChI is InChI=1S/C17H20FN3O2/c1-11(17(22)20(2)3)21-8-7-15-14(10-21)16(19-23-15)12-5-4-6-13(18)9-12/h4-6,9,11H,7-8,10H2,1-3H3/t11-/m0/s1. The molecule has 23 heavy (non-hydrogen) atoms. The van der Waals surface area contributed by atoms with Gasteiger partial charge in [-0.1, -0.05) is 17.3 Å². The number of benzene rings is 1. The van der Waals surface area contributed by atoms with Crippen molar-refractivity contribution in [2.24, 2.45) is 0 Å². The van der Waals surface area contributed by atoms with Gasteiger partial charge in [-0.05, 0) is 19.1 Å². The first kappa shape index (κ1) is 15.7. The zero-order chi connectivity index (χ0) is 16.6. The number of carbonyl (C=O) groups excluding carboxylic acids is 1. The van der Waals surface area contributed by atoms with Gasteiger partial charge in [0.2, 0.25) is 5.91 Å². The lowest BCUT2D eigenvalue weighted by molar-refractivity contribution is -0.134. The molecule has 2 aromatic rings. The first-order chi connectivity index (χ1) is 11.0. The van der Waals surface area contributed by atoms with Crippen molar-refractivity contribution in [2.45, 2.75) is 25.9 Å². The molecule has 122 valence electrons. The predicted octanol–water partition coefficient (Wildman–Crippen LogP) is 2.32. The van der Waals surface area contributed by atoms with E-state index < -0.39 is 0 Å². The highest BCUT2D eigenvalue weighted by molar-refractivity contribution is 5.81. The van der Waals surface area contributed by atoms with Crippen molar-refractivity contribution >= 4 is 5.91 Å². The van der Waals surface area contributed by atoms with Crippen molar-refractivity contribution in [1.82, 2.24) is 15.0 Å². The number of rotatable bonds is 3. The topological polar surface area (TPSA) is 49.6 Å². The zero-order valence-corrected chi connectivity index (χ0v) is 13.5. The molecule has 0 bridgehead atoms. The lowest BCUT2D eigenvalue weighted by atomic mass is 10.00. The maximum absolute atomic E-state index is 13.5. The summed E-state index contributed by atoms with van der Waals surface area (Å²) in [6.07, 6.45) is 0.697. The molecule has 3 rings (SSSR count). The molecule has 1 atom stereocenters. The van der Waals surface area contributed by atoms with Crippen LogP contribution in [0.1, 0.15) is 18.2 Å². The summed E-state index contributed by atoms with van der Waals surface area (Å²) >= 11 is 0. The van der Waals surface area contributed by atoms with Gasteiger partial charge < -0.3 is 9.42 Å². The Bertz CT molecular complexity index is 726.